The highest BCUT2D eigenvalue weighted by Gasteiger charge is 2.61. The van der Waals surface area contributed by atoms with Gasteiger partial charge in [0.25, 0.3) is 0 Å². The first-order chi connectivity index (χ1) is 35.1. The minimum atomic E-state index is 0.153. The van der Waals surface area contributed by atoms with Crippen molar-refractivity contribution >= 4 is 65.9 Å². The zero-order valence-corrected chi connectivity index (χ0v) is 39.3. The number of nitrogens with one attached hydrogen (secondary N) is 1. The van der Waals surface area contributed by atoms with Crippen molar-refractivity contribution in [3.8, 4) is 50.2 Å². The molecule has 4 fully saturated rings. The Morgan fingerprint density at radius 2 is 1.17 bits per heavy atom. The molecule has 4 heteroatoms. The number of nitrogens with zero attached hydrogens (tertiary/aromatic N) is 2. The van der Waals surface area contributed by atoms with Gasteiger partial charge in [-0.25, -0.2) is 0 Å². The molecule has 4 bridgehead atoms. The first-order valence-corrected chi connectivity index (χ1v) is 25.7. The molecule has 1 spiro atoms. The molecule has 3 heterocycles. The number of aromatic nitrogens is 2. The van der Waals surface area contributed by atoms with E-state index in [9.17, 15) is 0 Å². The molecule has 5 aliphatic carbocycles. The van der Waals surface area contributed by atoms with Crippen molar-refractivity contribution in [2.24, 2.45) is 23.7 Å². The summed E-state index contributed by atoms with van der Waals surface area (Å²) in [7, 11) is 0. The van der Waals surface area contributed by atoms with Crippen LogP contribution in [0.5, 0.6) is 0 Å². The molecule has 3 aromatic heterocycles. The van der Waals surface area contributed by atoms with Gasteiger partial charge in [0.2, 0.25) is 0 Å². The molecule has 0 atom stereocenters. The lowest BCUT2D eigenvalue weighted by Crippen LogP contribution is -2.55. The molecular formula is C67H49N3O. The van der Waals surface area contributed by atoms with Gasteiger partial charge in [-0.2, -0.15) is 0 Å². The molecule has 0 unspecified atom stereocenters. The van der Waals surface area contributed by atoms with Crippen LogP contribution in [-0.4, -0.2) is 9.55 Å². The largest absolute Gasteiger partial charge is 0.456 e. The normalized spacial score (nSPS) is 20.7. The van der Waals surface area contributed by atoms with Crippen molar-refractivity contribution in [2.75, 3.05) is 5.32 Å². The maximum Gasteiger partial charge on any atom is 0.136 e. The van der Waals surface area contributed by atoms with E-state index in [2.05, 4.69) is 209 Å². The van der Waals surface area contributed by atoms with Gasteiger partial charge in [0, 0.05) is 67.1 Å². The third-order valence-electron chi connectivity index (χ3n) is 17.6. The number of fused-ring (bicyclic) bond motifs is 10. The van der Waals surface area contributed by atoms with E-state index in [1.165, 1.54) is 92.7 Å². The van der Waals surface area contributed by atoms with Crippen LogP contribution in [0.1, 0.15) is 43.2 Å². The van der Waals surface area contributed by atoms with Gasteiger partial charge < -0.3 is 14.3 Å². The monoisotopic (exact) mass is 911 g/mol. The van der Waals surface area contributed by atoms with Crippen molar-refractivity contribution in [3.63, 3.8) is 0 Å². The lowest BCUT2D eigenvalue weighted by Gasteiger charge is -2.61. The molecule has 71 heavy (non-hydrogen) atoms. The lowest BCUT2D eigenvalue weighted by molar-refractivity contribution is -0.0399. The summed E-state index contributed by atoms with van der Waals surface area (Å²) in [6.45, 7) is 0. The van der Waals surface area contributed by atoms with E-state index >= 15 is 0 Å². The van der Waals surface area contributed by atoms with Crippen LogP contribution in [0.15, 0.2) is 211 Å². The van der Waals surface area contributed by atoms with Crippen molar-refractivity contribution < 1.29 is 4.42 Å². The second kappa shape index (κ2) is 14.9. The topological polar surface area (TPSA) is 43.0 Å². The van der Waals surface area contributed by atoms with Crippen LogP contribution in [0.25, 0.3) is 105 Å². The maximum absolute atomic E-state index is 6.66. The molecular weight excluding hydrogens is 863 g/mol. The zero-order chi connectivity index (χ0) is 46.4. The predicted molar refractivity (Wildman–Crippen MR) is 293 cm³/mol. The Kier molecular flexibility index (Phi) is 8.31. The number of para-hydroxylation sites is 2. The van der Waals surface area contributed by atoms with Gasteiger partial charge in [0.1, 0.15) is 11.2 Å². The molecule has 338 valence electrons. The van der Waals surface area contributed by atoms with E-state index in [-0.39, 0.29) is 5.41 Å². The Hall–Kier alpha value is -8.21. The van der Waals surface area contributed by atoms with Crippen LogP contribution in [0.3, 0.4) is 0 Å². The zero-order valence-electron chi connectivity index (χ0n) is 39.3. The van der Waals surface area contributed by atoms with E-state index in [0.717, 1.165) is 79.2 Å². The quantitative estimate of drug-likeness (QED) is 0.181. The smallest absolute Gasteiger partial charge is 0.136 e. The van der Waals surface area contributed by atoms with Gasteiger partial charge in [-0.15, -0.1) is 0 Å². The summed E-state index contributed by atoms with van der Waals surface area (Å²) in [6.07, 6.45) is 10.9. The number of hydrogen-bond acceptors (Lipinski definition) is 3. The number of benzene rings is 9. The van der Waals surface area contributed by atoms with Crippen LogP contribution in [0.4, 0.5) is 11.4 Å². The first-order valence-electron chi connectivity index (χ1n) is 25.7. The lowest BCUT2D eigenvalue weighted by atomic mass is 9.43. The fourth-order valence-electron chi connectivity index (χ4n) is 14.9. The molecule has 0 amide bonds. The van der Waals surface area contributed by atoms with Crippen LogP contribution >= 0.6 is 0 Å². The fraction of sp³-hybridized carbons (Fsp3) is 0.149. The van der Waals surface area contributed by atoms with Crippen LogP contribution in [0.2, 0.25) is 0 Å². The third-order valence-corrected chi connectivity index (χ3v) is 17.6. The Morgan fingerprint density at radius 1 is 0.451 bits per heavy atom. The maximum atomic E-state index is 6.66. The average Bonchev–Trinajstić information content (AvgIpc) is 4.05. The highest BCUT2D eigenvalue weighted by Crippen LogP contribution is 2.69. The summed E-state index contributed by atoms with van der Waals surface area (Å²) >= 11 is 0. The fourth-order valence-corrected chi connectivity index (χ4v) is 14.9. The summed E-state index contributed by atoms with van der Waals surface area (Å²) in [5.41, 5.74) is 20.9. The number of furan rings is 1. The SMILES string of the molecule is c1cc(-c2ccc3c(c2)c2ccccc2n3-c2cccc3cnccc23)cc(-c2ccccc2Nc2ccc3oc4cc(-c5ccc6c(c5)C5(c7ccccc7-6)C6CC7CC(C6)CC5C7)ccc4c3c2)c1. The average molecular weight is 912 g/mol. The van der Waals surface area contributed by atoms with E-state index in [4.69, 9.17) is 4.42 Å². The van der Waals surface area contributed by atoms with Crippen molar-refractivity contribution in [2.45, 2.75) is 37.5 Å². The first kappa shape index (κ1) is 39.6. The van der Waals surface area contributed by atoms with Gasteiger partial charge in [0.15, 0.2) is 0 Å². The van der Waals surface area contributed by atoms with Gasteiger partial charge in [-0.1, -0.05) is 115 Å². The minimum Gasteiger partial charge on any atom is -0.456 e. The Labute approximate surface area is 412 Å². The van der Waals surface area contributed by atoms with Gasteiger partial charge in [-0.05, 0) is 185 Å². The third kappa shape index (κ3) is 5.76. The van der Waals surface area contributed by atoms with Gasteiger partial charge in [0.05, 0.1) is 16.7 Å². The summed E-state index contributed by atoms with van der Waals surface area (Å²) in [5, 5.41) is 10.8. The molecule has 5 aliphatic rings. The molecule has 9 aromatic carbocycles. The summed E-state index contributed by atoms with van der Waals surface area (Å²) < 4.78 is 9.06. The van der Waals surface area contributed by atoms with Gasteiger partial charge >= 0.3 is 0 Å². The van der Waals surface area contributed by atoms with E-state index in [1.54, 1.807) is 11.1 Å². The van der Waals surface area contributed by atoms with Crippen LogP contribution < -0.4 is 5.32 Å². The van der Waals surface area contributed by atoms with Crippen LogP contribution in [0, 0.1) is 23.7 Å². The number of pyridine rings is 1. The predicted octanol–water partition coefficient (Wildman–Crippen LogP) is 17.7. The Balaban J connectivity index is 0.719. The summed E-state index contributed by atoms with van der Waals surface area (Å²) in [6, 6.07) is 72.0. The van der Waals surface area contributed by atoms with Crippen LogP contribution in [-0.2, 0) is 5.41 Å². The van der Waals surface area contributed by atoms with Crippen molar-refractivity contribution in [3.05, 3.63) is 218 Å². The Morgan fingerprint density at radius 3 is 2.08 bits per heavy atom. The molecule has 0 aliphatic heterocycles. The molecule has 1 N–H and O–H groups in total. The molecule has 17 rings (SSSR count). The van der Waals surface area contributed by atoms with E-state index in [0.29, 0.717) is 0 Å². The molecule has 4 saturated carbocycles. The van der Waals surface area contributed by atoms with Crippen molar-refractivity contribution in [1.29, 1.82) is 0 Å². The molecule has 4 nitrogen and oxygen atoms in total. The highest BCUT2D eigenvalue weighted by atomic mass is 16.3. The number of rotatable bonds is 6. The van der Waals surface area contributed by atoms with E-state index in [1.807, 2.05) is 12.4 Å². The summed E-state index contributed by atoms with van der Waals surface area (Å²) in [5.74, 6) is 3.35. The Bertz CT molecular complexity index is 4160. The number of hydrogen-bond donors (Lipinski definition) is 1. The summed E-state index contributed by atoms with van der Waals surface area (Å²) in [4.78, 5) is 4.40. The standard InChI is InChI=1S/C67H49N3O/c1-4-15-59-53(13-1)54-23-19-44(36-60(54)67(59)48-30-40-29-41(32-48)33-49(67)31-40)45-20-24-56-58-38-50(22-26-65(58)71-66(56)37-45)69-61-16-5-2-12-51(61)46-10-7-9-42(34-46)43-21-25-64-57(35-43)55-14-3-6-17-63(55)70(64)62-18-8-11-47-39-68-28-27-52(47)62/h1-28,34-41,48-49,69H,29-33H2. The van der Waals surface area contributed by atoms with Crippen molar-refractivity contribution in [1.82, 2.24) is 9.55 Å². The molecule has 0 radical (unpaired) electrons. The second-order valence-electron chi connectivity index (χ2n) is 21.2. The number of anilines is 2. The minimum absolute atomic E-state index is 0.153. The second-order valence-corrected chi connectivity index (χ2v) is 21.2. The molecule has 0 saturated heterocycles. The van der Waals surface area contributed by atoms with E-state index < -0.39 is 0 Å². The highest BCUT2D eigenvalue weighted by molar-refractivity contribution is 6.12. The molecule has 12 aromatic rings. The van der Waals surface area contributed by atoms with Gasteiger partial charge in [-0.3, -0.25) is 4.98 Å².